The standard InChI is InChI=1S/C13H15F3N2O2/c1-2-17-9-7-8-18(12(9)19)10-5-3-4-6-11(10)20-13(14,15)16/h3-6,9,17H,2,7-8H2,1H3. The largest absolute Gasteiger partial charge is 0.573 e. The smallest absolute Gasteiger partial charge is 0.404 e. The van der Waals surface area contributed by atoms with Gasteiger partial charge in [-0.3, -0.25) is 4.79 Å². The molecule has 0 spiro atoms. The van der Waals surface area contributed by atoms with Crippen LogP contribution in [0.3, 0.4) is 0 Å². The Morgan fingerprint density at radius 1 is 1.40 bits per heavy atom. The van der Waals surface area contributed by atoms with Gasteiger partial charge >= 0.3 is 6.36 Å². The molecule has 1 saturated heterocycles. The second-order valence-corrected chi connectivity index (χ2v) is 4.40. The van der Waals surface area contributed by atoms with E-state index in [9.17, 15) is 18.0 Å². The molecular formula is C13H15F3N2O2. The number of ether oxygens (including phenoxy) is 1. The third kappa shape index (κ3) is 3.22. The first-order valence-corrected chi connectivity index (χ1v) is 6.32. The molecule has 0 radical (unpaired) electrons. The van der Waals surface area contributed by atoms with Crippen LogP contribution in [0.5, 0.6) is 5.75 Å². The molecule has 1 fully saturated rings. The molecule has 4 nitrogen and oxygen atoms in total. The Balaban J connectivity index is 2.23. The highest BCUT2D eigenvalue weighted by atomic mass is 19.4. The van der Waals surface area contributed by atoms with Crippen molar-refractivity contribution in [1.82, 2.24) is 5.32 Å². The normalized spacial score (nSPS) is 19.5. The van der Waals surface area contributed by atoms with Crippen LogP contribution in [0.2, 0.25) is 0 Å². The number of nitrogens with zero attached hydrogens (tertiary/aromatic N) is 1. The summed E-state index contributed by atoms with van der Waals surface area (Å²) < 4.78 is 41.1. The van der Waals surface area contributed by atoms with Crippen molar-refractivity contribution in [2.24, 2.45) is 0 Å². The van der Waals surface area contributed by atoms with Crippen LogP contribution < -0.4 is 15.0 Å². The molecule has 1 aliphatic heterocycles. The van der Waals surface area contributed by atoms with Crippen LogP contribution in [0.4, 0.5) is 18.9 Å². The molecule has 0 bridgehead atoms. The average molecular weight is 288 g/mol. The van der Waals surface area contributed by atoms with E-state index in [2.05, 4.69) is 10.1 Å². The van der Waals surface area contributed by atoms with Crippen molar-refractivity contribution in [3.05, 3.63) is 24.3 Å². The number of halogens is 3. The van der Waals surface area contributed by atoms with Crippen LogP contribution in [0, 0.1) is 0 Å². The lowest BCUT2D eigenvalue weighted by Crippen LogP contribution is -2.38. The van der Waals surface area contributed by atoms with Gasteiger partial charge in [-0.25, -0.2) is 0 Å². The third-order valence-corrected chi connectivity index (χ3v) is 3.04. The number of para-hydroxylation sites is 2. The van der Waals surface area contributed by atoms with Crippen molar-refractivity contribution in [2.75, 3.05) is 18.0 Å². The highest BCUT2D eigenvalue weighted by Gasteiger charge is 2.36. The van der Waals surface area contributed by atoms with E-state index < -0.39 is 6.36 Å². The molecular weight excluding hydrogens is 273 g/mol. The zero-order valence-corrected chi connectivity index (χ0v) is 10.9. The van der Waals surface area contributed by atoms with E-state index in [0.717, 1.165) is 0 Å². The minimum atomic E-state index is -4.78. The Kier molecular flexibility index (Phi) is 4.17. The zero-order chi connectivity index (χ0) is 14.8. The molecule has 2 rings (SSSR count). The summed E-state index contributed by atoms with van der Waals surface area (Å²) in [7, 11) is 0. The van der Waals surface area contributed by atoms with Gasteiger partial charge in [-0.15, -0.1) is 13.2 Å². The van der Waals surface area contributed by atoms with Crippen molar-refractivity contribution in [1.29, 1.82) is 0 Å². The van der Waals surface area contributed by atoms with Gasteiger partial charge in [0, 0.05) is 6.54 Å². The van der Waals surface area contributed by atoms with Crippen molar-refractivity contribution in [2.45, 2.75) is 25.7 Å². The Morgan fingerprint density at radius 2 is 2.10 bits per heavy atom. The molecule has 1 heterocycles. The monoisotopic (exact) mass is 288 g/mol. The number of rotatable bonds is 4. The predicted molar refractivity (Wildman–Crippen MR) is 67.6 cm³/mol. The summed E-state index contributed by atoms with van der Waals surface area (Å²) in [6.45, 7) is 2.87. The minimum absolute atomic E-state index is 0.148. The van der Waals surface area contributed by atoms with Crippen molar-refractivity contribution < 1.29 is 22.7 Å². The molecule has 1 aromatic carbocycles. The van der Waals surface area contributed by atoms with Gasteiger partial charge in [-0.05, 0) is 25.1 Å². The molecule has 1 unspecified atom stereocenters. The summed E-state index contributed by atoms with van der Waals surface area (Å²) in [6, 6.07) is 5.32. The number of carbonyl (C=O) groups excluding carboxylic acids is 1. The Bertz CT molecular complexity index is 491. The van der Waals surface area contributed by atoms with Gasteiger partial charge in [-0.1, -0.05) is 19.1 Å². The molecule has 1 aromatic rings. The molecule has 0 saturated carbocycles. The summed E-state index contributed by atoms with van der Waals surface area (Å²) in [6.07, 6.45) is -4.22. The Hall–Kier alpha value is -1.76. The van der Waals surface area contributed by atoms with Gasteiger partial charge < -0.3 is 15.0 Å². The first kappa shape index (κ1) is 14.6. The summed E-state index contributed by atoms with van der Waals surface area (Å²) in [5, 5.41) is 3.01. The SMILES string of the molecule is CCNC1CCN(c2ccccc2OC(F)(F)F)C1=O. The lowest BCUT2D eigenvalue weighted by Gasteiger charge is -2.21. The number of anilines is 1. The van der Waals surface area contributed by atoms with Gasteiger partial charge in [0.2, 0.25) is 5.91 Å². The second kappa shape index (κ2) is 5.70. The molecule has 7 heteroatoms. The fourth-order valence-corrected chi connectivity index (χ4v) is 2.25. The maximum atomic E-state index is 12.4. The van der Waals surface area contributed by atoms with E-state index in [1.54, 1.807) is 6.07 Å². The molecule has 20 heavy (non-hydrogen) atoms. The zero-order valence-electron chi connectivity index (χ0n) is 10.9. The minimum Gasteiger partial charge on any atom is -0.404 e. The fraction of sp³-hybridized carbons (Fsp3) is 0.462. The number of likely N-dealkylation sites (N-methyl/N-ethyl adjacent to an activating group) is 1. The van der Waals surface area contributed by atoms with Crippen molar-refractivity contribution >= 4 is 11.6 Å². The van der Waals surface area contributed by atoms with E-state index in [4.69, 9.17) is 0 Å². The molecule has 1 N–H and O–H groups in total. The molecule has 1 amide bonds. The number of nitrogens with one attached hydrogen (secondary N) is 1. The van der Waals surface area contributed by atoms with Gasteiger partial charge in [-0.2, -0.15) is 0 Å². The number of amides is 1. The number of hydrogen-bond acceptors (Lipinski definition) is 3. The van der Waals surface area contributed by atoms with Crippen LogP contribution in [0.15, 0.2) is 24.3 Å². The molecule has 110 valence electrons. The number of carbonyl (C=O) groups is 1. The Morgan fingerprint density at radius 3 is 2.75 bits per heavy atom. The molecule has 0 aromatic heterocycles. The maximum absolute atomic E-state index is 12.4. The second-order valence-electron chi connectivity index (χ2n) is 4.40. The first-order valence-electron chi connectivity index (χ1n) is 6.32. The van der Waals surface area contributed by atoms with Crippen LogP contribution >= 0.6 is 0 Å². The summed E-state index contributed by atoms with van der Waals surface area (Å²) in [4.78, 5) is 13.5. The summed E-state index contributed by atoms with van der Waals surface area (Å²) in [5.74, 6) is -0.587. The van der Waals surface area contributed by atoms with Crippen molar-refractivity contribution in [3.8, 4) is 5.75 Å². The van der Waals surface area contributed by atoms with Crippen molar-refractivity contribution in [3.63, 3.8) is 0 Å². The topological polar surface area (TPSA) is 41.6 Å². The number of hydrogen-bond donors (Lipinski definition) is 1. The van der Waals surface area contributed by atoms with E-state index in [0.29, 0.717) is 19.5 Å². The summed E-state index contributed by atoms with van der Waals surface area (Å²) in [5.41, 5.74) is 0.148. The van der Waals surface area contributed by atoms with E-state index in [-0.39, 0.29) is 23.4 Å². The van der Waals surface area contributed by atoms with E-state index in [1.165, 1.54) is 23.1 Å². The van der Waals surface area contributed by atoms with Gasteiger partial charge in [0.25, 0.3) is 0 Å². The lowest BCUT2D eigenvalue weighted by atomic mass is 10.2. The summed E-state index contributed by atoms with van der Waals surface area (Å²) >= 11 is 0. The lowest BCUT2D eigenvalue weighted by molar-refractivity contribution is -0.274. The van der Waals surface area contributed by atoms with Gasteiger partial charge in [0.1, 0.15) is 0 Å². The molecule has 0 aliphatic carbocycles. The number of alkyl halides is 3. The highest BCUT2D eigenvalue weighted by Crippen LogP contribution is 2.34. The van der Waals surface area contributed by atoms with Crippen LogP contribution in [-0.4, -0.2) is 31.4 Å². The highest BCUT2D eigenvalue weighted by molar-refractivity contribution is 6.00. The molecule has 1 aliphatic rings. The van der Waals surface area contributed by atoms with E-state index in [1.807, 2.05) is 6.92 Å². The molecule has 1 atom stereocenters. The van der Waals surface area contributed by atoms with Gasteiger partial charge in [0.05, 0.1) is 11.7 Å². The van der Waals surface area contributed by atoms with Crippen LogP contribution in [-0.2, 0) is 4.79 Å². The predicted octanol–water partition coefficient (Wildman–Crippen LogP) is 2.30. The van der Waals surface area contributed by atoms with Gasteiger partial charge in [0.15, 0.2) is 5.75 Å². The van der Waals surface area contributed by atoms with Crippen LogP contribution in [0.25, 0.3) is 0 Å². The van der Waals surface area contributed by atoms with E-state index >= 15 is 0 Å². The fourth-order valence-electron chi connectivity index (χ4n) is 2.25. The quantitative estimate of drug-likeness (QED) is 0.924. The Labute approximate surface area is 114 Å². The average Bonchev–Trinajstić information content (AvgIpc) is 2.71. The van der Waals surface area contributed by atoms with Crippen LogP contribution in [0.1, 0.15) is 13.3 Å². The number of benzene rings is 1. The maximum Gasteiger partial charge on any atom is 0.573 e. The first-order chi connectivity index (χ1) is 9.42. The third-order valence-electron chi connectivity index (χ3n) is 3.04.